The number of carbonyl (C=O) groups excluding carboxylic acids is 1. The van der Waals surface area contributed by atoms with E-state index in [2.05, 4.69) is 32.0 Å². The molecule has 106 valence electrons. The first-order chi connectivity index (χ1) is 9.66. The largest absolute Gasteiger partial charge is 0.336 e. The maximum Gasteiger partial charge on any atom is 0.319 e. The van der Waals surface area contributed by atoms with Crippen molar-refractivity contribution < 1.29 is 4.79 Å². The van der Waals surface area contributed by atoms with E-state index in [1.807, 2.05) is 19.5 Å². The monoisotopic (exact) mass is 290 g/mol. The normalized spacial score (nSPS) is 12.2. The Labute approximate surface area is 122 Å². The highest BCUT2D eigenvalue weighted by Crippen LogP contribution is 2.19. The van der Waals surface area contributed by atoms with Crippen molar-refractivity contribution >= 4 is 23.1 Å². The summed E-state index contributed by atoms with van der Waals surface area (Å²) >= 11 is 1.66. The van der Waals surface area contributed by atoms with Crippen LogP contribution in [0.1, 0.15) is 11.6 Å². The number of nitrogens with one attached hydrogen (secondary N) is 2. The fourth-order valence-corrected chi connectivity index (χ4v) is 2.57. The van der Waals surface area contributed by atoms with Gasteiger partial charge in [0, 0.05) is 24.6 Å². The average Bonchev–Trinajstić information content (AvgIpc) is 2.93. The van der Waals surface area contributed by atoms with Gasteiger partial charge in [0.15, 0.2) is 0 Å². The second kappa shape index (κ2) is 7.02. The summed E-state index contributed by atoms with van der Waals surface area (Å²) < 4.78 is 0. The van der Waals surface area contributed by atoms with Gasteiger partial charge in [0.2, 0.25) is 0 Å². The van der Waals surface area contributed by atoms with Crippen LogP contribution in [0.3, 0.4) is 0 Å². The molecule has 0 aliphatic heterocycles. The van der Waals surface area contributed by atoms with E-state index in [4.69, 9.17) is 0 Å². The van der Waals surface area contributed by atoms with Gasteiger partial charge in [-0.1, -0.05) is 0 Å². The Hall–Kier alpha value is -1.92. The first-order valence-electron chi connectivity index (χ1n) is 6.30. The molecule has 6 heteroatoms. The zero-order valence-corrected chi connectivity index (χ0v) is 12.4. The van der Waals surface area contributed by atoms with Gasteiger partial charge >= 0.3 is 6.03 Å². The maximum absolute atomic E-state index is 11.9. The Morgan fingerprint density at radius 2 is 2.10 bits per heavy atom. The summed E-state index contributed by atoms with van der Waals surface area (Å²) in [7, 11) is 4.01. The van der Waals surface area contributed by atoms with Crippen LogP contribution in [0, 0.1) is 0 Å². The average molecular weight is 290 g/mol. The lowest BCUT2D eigenvalue weighted by atomic mass is 10.1. The van der Waals surface area contributed by atoms with E-state index in [1.54, 1.807) is 35.9 Å². The zero-order valence-electron chi connectivity index (χ0n) is 11.5. The fourth-order valence-electron chi connectivity index (χ4n) is 1.86. The molecule has 2 N–H and O–H groups in total. The Bertz CT molecular complexity index is 527. The molecule has 2 aromatic heterocycles. The summed E-state index contributed by atoms with van der Waals surface area (Å²) in [4.78, 5) is 17.8. The second-order valence-corrected chi connectivity index (χ2v) is 5.39. The molecular formula is C14H18N4OS. The summed E-state index contributed by atoms with van der Waals surface area (Å²) in [6.45, 7) is 0.556. The molecule has 2 aromatic rings. The molecule has 0 radical (unpaired) electrons. The van der Waals surface area contributed by atoms with Crippen molar-refractivity contribution in [3.05, 3.63) is 46.9 Å². The van der Waals surface area contributed by atoms with E-state index < -0.39 is 0 Å². The van der Waals surface area contributed by atoms with Crippen LogP contribution in [0.15, 0.2) is 41.4 Å². The number of carbonyl (C=O) groups is 1. The highest BCUT2D eigenvalue weighted by atomic mass is 32.1. The first-order valence-corrected chi connectivity index (χ1v) is 7.24. The number of pyridine rings is 1. The summed E-state index contributed by atoms with van der Waals surface area (Å²) in [6.07, 6.45) is 3.28. The minimum absolute atomic E-state index is 0.171. The van der Waals surface area contributed by atoms with Crippen LogP contribution in [0.5, 0.6) is 0 Å². The lowest BCUT2D eigenvalue weighted by Crippen LogP contribution is -2.36. The summed E-state index contributed by atoms with van der Waals surface area (Å²) in [5.41, 5.74) is 1.94. The number of aromatic nitrogens is 1. The Balaban J connectivity index is 1.88. The van der Waals surface area contributed by atoms with Crippen LogP contribution in [-0.4, -0.2) is 36.6 Å². The molecule has 0 saturated carbocycles. The van der Waals surface area contributed by atoms with E-state index in [0.717, 1.165) is 5.69 Å². The topological polar surface area (TPSA) is 57.3 Å². The molecule has 2 rings (SSSR count). The van der Waals surface area contributed by atoms with Crippen LogP contribution in [0.2, 0.25) is 0 Å². The van der Waals surface area contributed by atoms with Crippen molar-refractivity contribution in [3.8, 4) is 0 Å². The maximum atomic E-state index is 11.9. The van der Waals surface area contributed by atoms with Crippen molar-refractivity contribution in [1.82, 2.24) is 15.2 Å². The van der Waals surface area contributed by atoms with Crippen molar-refractivity contribution in [2.75, 3.05) is 26.0 Å². The van der Waals surface area contributed by atoms with Crippen molar-refractivity contribution in [2.45, 2.75) is 6.04 Å². The van der Waals surface area contributed by atoms with Gasteiger partial charge in [0.1, 0.15) is 0 Å². The molecule has 0 bridgehead atoms. The molecule has 0 unspecified atom stereocenters. The Morgan fingerprint density at radius 1 is 1.35 bits per heavy atom. The molecule has 1 atom stereocenters. The van der Waals surface area contributed by atoms with E-state index >= 15 is 0 Å². The van der Waals surface area contributed by atoms with Crippen LogP contribution < -0.4 is 10.6 Å². The van der Waals surface area contributed by atoms with Crippen molar-refractivity contribution in [2.24, 2.45) is 0 Å². The molecule has 2 heterocycles. The third-order valence-electron chi connectivity index (χ3n) is 2.95. The van der Waals surface area contributed by atoms with Gasteiger partial charge in [0.05, 0.1) is 6.04 Å². The molecule has 0 aliphatic rings. The number of rotatable bonds is 5. The van der Waals surface area contributed by atoms with Crippen LogP contribution >= 0.6 is 11.3 Å². The lowest BCUT2D eigenvalue weighted by molar-refractivity contribution is 0.243. The van der Waals surface area contributed by atoms with E-state index in [9.17, 15) is 4.79 Å². The molecule has 0 spiro atoms. The van der Waals surface area contributed by atoms with Crippen LogP contribution in [-0.2, 0) is 0 Å². The van der Waals surface area contributed by atoms with E-state index in [1.165, 1.54) is 5.56 Å². The molecule has 2 amide bonds. The number of thiophene rings is 1. The fraction of sp³-hybridized carbons (Fsp3) is 0.286. The third-order valence-corrected chi connectivity index (χ3v) is 3.65. The minimum atomic E-state index is -0.210. The predicted molar refractivity (Wildman–Crippen MR) is 82.0 cm³/mol. The number of likely N-dealkylation sites (N-methyl/N-ethyl adjacent to an activating group) is 1. The van der Waals surface area contributed by atoms with Crippen molar-refractivity contribution in [1.29, 1.82) is 0 Å². The Morgan fingerprint density at radius 3 is 2.70 bits per heavy atom. The Kier molecular flexibility index (Phi) is 5.09. The lowest BCUT2D eigenvalue weighted by Gasteiger charge is -2.24. The van der Waals surface area contributed by atoms with Gasteiger partial charge in [-0.15, -0.1) is 0 Å². The molecule has 20 heavy (non-hydrogen) atoms. The van der Waals surface area contributed by atoms with Gasteiger partial charge in [-0.05, 0) is 48.6 Å². The number of urea groups is 1. The number of nitrogens with zero attached hydrogens (tertiary/aromatic N) is 2. The van der Waals surface area contributed by atoms with Crippen LogP contribution in [0.25, 0.3) is 0 Å². The van der Waals surface area contributed by atoms with Crippen molar-refractivity contribution in [3.63, 3.8) is 0 Å². The molecule has 0 fully saturated rings. The van der Waals surface area contributed by atoms with Gasteiger partial charge < -0.3 is 15.5 Å². The highest BCUT2D eigenvalue weighted by molar-refractivity contribution is 7.07. The summed E-state index contributed by atoms with van der Waals surface area (Å²) in [6, 6.07) is 5.55. The van der Waals surface area contributed by atoms with E-state index in [0.29, 0.717) is 6.54 Å². The number of hydrogen-bond acceptors (Lipinski definition) is 4. The predicted octanol–water partition coefficient (Wildman–Crippen LogP) is 2.57. The number of amides is 2. The zero-order chi connectivity index (χ0) is 14.4. The van der Waals surface area contributed by atoms with Crippen LogP contribution in [0.4, 0.5) is 10.5 Å². The number of hydrogen-bond donors (Lipinski definition) is 2. The molecule has 0 aliphatic carbocycles. The molecule has 5 nitrogen and oxygen atoms in total. The van der Waals surface area contributed by atoms with Gasteiger partial charge in [0.25, 0.3) is 0 Å². The first kappa shape index (κ1) is 14.5. The van der Waals surface area contributed by atoms with Gasteiger partial charge in [-0.25, -0.2) is 4.79 Å². The minimum Gasteiger partial charge on any atom is -0.336 e. The second-order valence-electron chi connectivity index (χ2n) is 4.61. The number of anilines is 1. The molecular weight excluding hydrogens is 272 g/mol. The summed E-state index contributed by atoms with van der Waals surface area (Å²) in [5.74, 6) is 0. The van der Waals surface area contributed by atoms with Gasteiger partial charge in [-0.3, -0.25) is 4.98 Å². The summed E-state index contributed by atoms with van der Waals surface area (Å²) in [5, 5.41) is 9.82. The molecule has 0 aromatic carbocycles. The standard InChI is InChI=1S/C14H18N4OS/c1-18(2)13(11-5-8-20-10-11)9-16-14(19)17-12-3-6-15-7-4-12/h3-8,10,13H,9H2,1-2H3,(H2,15,16,17,19)/t13-/m0/s1. The highest BCUT2D eigenvalue weighted by Gasteiger charge is 2.15. The third kappa shape index (κ3) is 4.04. The smallest absolute Gasteiger partial charge is 0.319 e. The quantitative estimate of drug-likeness (QED) is 0.890. The van der Waals surface area contributed by atoms with Gasteiger partial charge in [-0.2, -0.15) is 11.3 Å². The SMILES string of the molecule is CN(C)[C@@H](CNC(=O)Nc1ccncc1)c1ccsc1. The molecule has 0 saturated heterocycles. The van der Waals surface area contributed by atoms with E-state index in [-0.39, 0.29) is 12.1 Å².